The predicted molar refractivity (Wildman–Crippen MR) is 63.7 cm³/mol. The number of fused-ring (bicyclic) bond motifs is 2. The lowest BCUT2D eigenvalue weighted by molar-refractivity contribution is -0.0376. The number of likely N-dealkylation sites (tertiary alicyclic amines) is 1. The highest BCUT2D eigenvalue weighted by Gasteiger charge is 2.33. The Kier molecular flexibility index (Phi) is 5.03. The zero-order chi connectivity index (χ0) is 11.2. The molecule has 0 aliphatic carbocycles. The van der Waals surface area contributed by atoms with E-state index in [1.807, 2.05) is 0 Å². The Morgan fingerprint density at radius 3 is 2.69 bits per heavy atom. The van der Waals surface area contributed by atoms with Gasteiger partial charge in [-0.3, -0.25) is 4.90 Å². The van der Waals surface area contributed by atoms with Crippen molar-refractivity contribution in [3.63, 3.8) is 0 Å². The number of hydrogen-bond donors (Lipinski definition) is 1. The zero-order valence-electron chi connectivity index (χ0n) is 10.3. The lowest BCUT2D eigenvalue weighted by atomic mass is 10.2. The van der Waals surface area contributed by atoms with Gasteiger partial charge < -0.3 is 14.8 Å². The molecule has 2 saturated heterocycles. The molecule has 2 unspecified atom stereocenters. The molecule has 2 rings (SSSR count). The van der Waals surface area contributed by atoms with Gasteiger partial charge in [0.05, 0.1) is 12.2 Å². The number of nitrogens with zero attached hydrogens (tertiary/aromatic N) is 1. The quantitative estimate of drug-likeness (QED) is 0.643. The number of hydrogen-bond acceptors (Lipinski definition) is 4. The minimum absolute atomic E-state index is 0.521. The second-order valence-corrected chi connectivity index (χ2v) is 4.81. The molecule has 2 aliphatic rings. The third-order valence-corrected chi connectivity index (χ3v) is 3.43. The Labute approximate surface area is 98.3 Å². The second-order valence-electron chi connectivity index (χ2n) is 4.81. The highest BCUT2D eigenvalue weighted by molar-refractivity contribution is 4.84. The largest absolute Gasteiger partial charge is 0.385 e. The van der Waals surface area contributed by atoms with E-state index in [0.29, 0.717) is 12.2 Å². The minimum Gasteiger partial charge on any atom is -0.385 e. The van der Waals surface area contributed by atoms with Crippen LogP contribution < -0.4 is 5.32 Å². The molecule has 94 valence electrons. The van der Waals surface area contributed by atoms with Crippen molar-refractivity contribution < 1.29 is 9.47 Å². The van der Waals surface area contributed by atoms with E-state index in [9.17, 15) is 0 Å². The first kappa shape index (κ1) is 12.3. The average Bonchev–Trinajstić information content (AvgIpc) is 2.63. The Hall–Kier alpha value is -0.160. The smallest absolute Gasteiger partial charge is 0.0707 e. The normalized spacial score (nSPS) is 29.8. The average molecular weight is 228 g/mol. The van der Waals surface area contributed by atoms with Gasteiger partial charge in [0.2, 0.25) is 0 Å². The van der Waals surface area contributed by atoms with Gasteiger partial charge in [0.25, 0.3) is 0 Å². The van der Waals surface area contributed by atoms with E-state index in [1.165, 1.54) is 12.8 Å². The summed E-state index contributed by atoms with van der Waals surface area (Å²) in [5, 5.41) is 3.46. The van der Waals surface area contributed by atoms with Crippen molar-refractivity contribution in [3.05, 3.63) is 0 Å². The second kappa shape index (κ2) is 6.55. The molecule has 0 saturated carbocycles. The van der Waals surface area contributed by atoms with Crippen LogP contribution in [0.4, 0.5) is 0 Å². The number of morpholine rings is 1. The lowest BCUT2D eigenvalue weighted by Crippen LogP contribution is -2.45. The maximum Gasteiger partial charge on any atom is 0.0707 e. The summed E-state index contributed by atoms with van der Waals surface area (Å²) in [6.07, 6.45) is 4.68. The molecule has 0 radical (unpaired) electrons. The van der Waals surface area contributed by atoms with E-state index < -0.39 is 0 Å². The Bertz CT molecular complexity index is 189. The molecular weight excluding hydrogens is 204 g/mol. The first-order valence-electron chi connectivity index (χ1n) is 6.46. The van der Waals surface area contributed by atoms with Crippen LogP contribution in [0.5, 0.6) is 0 Å². The Morgan fingerprint density at radius 1 is 1.25 bits per heavy atom. The highest BCUT2D eigenvalue weighted by Crippen LogP contribution is 2.25. The summed E-state index contributed by atoms with van der Waals surface area (Å²) in [6.45, 7) is 6.43. The molecular formula is C12H24N2O2. The van der Waals surface area contributed by atoms with E-state index in [0.717, 1.165) is 45.8 Å². The molecule has 2 heterocycles. The topological polar surface area (TPSA) is 33.7 Å². The van der Waals surface area contributed by atoms with Gasteiger partial charge in [0.15, 0.2) is 0 Å². The third-order valence-electron chi connectivity index (χ3n) is 3.43. The molecule has 2 aliphatic heterocycles. The summed E-state index contributed by atoms with van der Waals surface area (Å²) < 4.78 is 10.8. The molecule has 16 heavy (non-hydrogen) atoms. The van der Waals surface area contributed by atoms with Gasteiger partial charge in [-0.05, 0) is 25.8 Å². The molecule has 2 bridgehead atoms. The van der Waals surface area contributed by atoms with Crippen molar-refractivity contribution in [1.29, 1.82) is 0 Å². The van der Waals surface area contributed by atoms with Crippen LogP contribution in [0.2, 0.25) is 0 Å². The van der Waals surface area contributed by atoms with E-state index in [2.05, 4.69) is 10.2 Å². The van der Waals surface area contributed by atoms with Crippen molar-refractivity contribution in [2.45, 2.75) is 31.5 Å². The van der Waals surface area contributed by atoms with Crippen LogP contribution >= 0.6 is 0 Å². The van der Waals surface area contributed by atoms with E-state index in [1.54, 1.807) is 7.11 Å². The summed E-state index contributed by atoms with van der Waals surface area (Å²) in [7, 11) is 1.75. The van der Waals surface area contributed by atoms with Crippen LogP contribution in [-0.4, -0.2) is 63.5 Å². The van der Waals surface area contributed by atoms with Crippen LogP contribution in [-0.2, 0) is 9.47 Å². The molecule has 1 N–H and O–H groups in total. The highest BCUT2D eigenvalue weighted by atomic mass is 16.5. The van der Waals surface area contributed by atoms with Gasteiger partial charge in [-0.25, -0.2) is 0 Å². The molecule has 0 aromatic carbocycles. The van der Waals surface area contributed by atoms with Crippen molar-refractivity contribution in [1.82, 2.24) is 10.2 Å². The first-order chi connectivity index (χ1) is 7.88. The number of ether oxygens (including phenoxy) is 2. The van der Waals surface area contributed by atoms with Crippen molar-refractivity contribution in [3.8, 4) is 0 Å². The van der Waals surface area contributed by atoms with Crippen LogP contribution in [0, 0.1) is 0 Å². The van der Waals surface area contributed by atoms with Crippen molar-refractivity contribution >= 4 is 0 Å². The number of nitrogens with one attached hydrogen (secondary N) is 1. The molecule has 4 nitrogen and oxygen atoms in total. The Morgan fingerprint density at radius 2 is 2.00 bits per heavy atom. The molecule has 0 aromatic heterocycles. The molecule has 0 aromatic rings. The molecule has 2 atom stereocenters. The van der Waals surface area contributed by atoms with Gasteiger partial charge in [-0.1, -0.05) is 0 Å². The summed E-state index contributed by atoms with van der Waals surface area (Å²) >= 11 is 0. The van der Waals surface area contributed by atoms with Gasteiger partial charge in [0, 0.05) is 39.9 Å². The van der Waals surface area contributed by atoms with Crippen LogP contribution in [0.3, 0.4) is 0 Å². The van der Waals surface area contributed by atoms with Crippen LogP contribution in [0.15, 0.2) is 0 Å². The maximum absolute atomic E-state index is 5.81. The molecule has 4 heteroatoms. The Balaban J connectivity index is 1.50. The standard InChI is InChI=1S/C12H24N2O2/c1-15-8-2-5-13-6-7-14-9-11-3-4-12(10-14)16-11/h11-13H,2-10H2,1H3. The summed E-state index contributed by atoms with van der Waals surface area (Å²) in [6, 6.07) is 0. The van der Waals surface area contributed by atoms with Crippen LogP contribution in [0.1, 0.15) is 19.3 Å². The molecule has 0 amide bonds. The zero-order valence-corrected chi connectivity index (χ0v) is 10.3. The fourth-order valence-electron chi connectivity index (χ4n) is 2.59. The van der Waals surface area contributed by atoms with Crippen LogP contribution in [0.25, 0.3) is 0 Å². The van der Waals surface area contributed by atoms with Gasteiger partial charge in [0.1, 0.15) is 0 Å². The molecule has 2 fully saturated rings. The van der Waals surface area contributed by atoms with E-state index in [4.69, 9.17) is 9.47 Å². The maximum atomic E-state index is 5.81. The fraction of sp³-hybridized carbons (Fsp3) is 1.00. The van der Waals surface area contributed by atoms with Crippen molar-refractivity contribution in [2.75, 3.05) is 46.4 Å². The fourth-order valence-corrected chi connectivity index (χ4v) is 2.59. The van der Waals surface area contributed by atoms with Gasteiger partial charge >= 0.3 is 0 Å². The van der Waals surface area contributed by atoms with E-state index in [-0.39, 0.29) is 0 Å². The van der Waals surface area contributed by atoms with Gasteiger partial charge in [-0.2, -0.15) is 0 Å². The van der Waals surface area contributed by atoms with Gasteiger partial charge in [-0.15, -0.1) is 0 Å². The monoisotopic (exact) mass is 228 g/mol. The minimum atomic E-state index is 0.521. The predicted octanol–water partition coefficient (Wildman–Crippen LogP) is 0.476. The first-order valence-corrected chi connectivity index (χ1v) is 6.46. The summed E-state index contributed by atoms with van der Waals surface area (Å²) in [5.74, 6) is 0. The summed E-state index contributed by atoms with van der Waals surface area (Å²) in [4.78, 5) is 2.54. The third kappa shape index (κ3) is 3.70. The lowest BCUT2D eigenvalue weighted by Gasteiger charge is -2.32. The van der Waals surface area contributed by atoms with Crippen molar-refractivity contribution in [2.24, 2.45) is 0 Å². The van der Waals surface area contributed by atoms with E-state index >= 15 is 0 Å². The summed E-state index contributed by atoms with van der Waals surface area (Å²) in [5.41, 5.74) is 0. The number of methoxy groups -OCH3 is 1. The SMILES string of the molecule is COCCCNCCN1CC2CCC(C1)O2. The molecule has 0 spiro atoms. The number of rotatable bonds is 7.